The molecule has 100 valence electrons. The Balaban J connectivity index is 2.53. The number of carboxylic acids is 1. The van der Waals surface area contributed by atoms with Gasteiger partial charge in [-0.15, -0.1) is 10.2 Å². The second-order valence-corrected chi connectivity index (χ2v) is 4.17. The highest BCUT2D eigenvalue weighted by atomic mass is 16.4. The van der Waals surface area contributed by atoms with Gasteiger partial charge in [-0.2, -0.15) is 0 Å². The lowest BCUT2D eigenvalue weighted by Crippen LogP contribution is -2.35. The van der Waals surface area contributed by atoms with E-state index < -0.39 is 17.8 Å². The van der Waals surface area contributed by atoms with Crippen molar-refractivity contribution in [1.82, 2.24) is 20.1 Å². The molecule has 0 radical (unpaired) electrons. The van der Waals surface area contributed by atoms with Crippen LogP contribution in [0.15, 0.2) is 6.33 Å². The van der Waals surface area contributed by atoms with Crippen LogP contribution in [-0.2, 0) is 22.7 Å². The van der Waals surface area contributed by atoms with Crippen molar-refractivity contribution in [2.45, 2.75) is 33.9 Å². The lowest BCUT2D eigenvalue weighted by Gasteiger charge is -2.15. The number of hydrogen-bond acceptors (Lipinski definition) is 4. The molecule has 0 aromatic carbocycles. The number of amides is 1. The van der Waals surface area contributed by atoms with Crippen LogP contribution >= 0.6 is 0 Å². The van der Waals surface area contributed by atoms with Crippen molar-refractivity contribution >= 4 is 11.9 Å². The zero-order valence-electron chi connectivity index (χ0n) is 10.8. The van der Waals surface area contributed by atoms with Gasteiger partial charge in [0.15, 0.2) is 5.82 Å². The first-order valence-corrected chi connectivity index (χ1v) is 5.84. The van der Waals surface area contributed by atoms with Gasteiger partial charge < -0.3 is 15.0 Å². The zero-order valence-corrected chi connectivity index (χ0v) is 10.8. The first-order valence-electron chi connectivity index (χ1n) is 5.84. The number of aromatic nitrogens is 3. The van der Waals surface area contributed by atoms with Gasteiger partial charge in [-0.1, -0.05) is 13.8 Å². The highest BCUT2D eigenvalue weighted by Gasteiger charge is 2.25. The molecule has 0 aliphatic carbocycles. The van der Waals surface area contributed by atoms with Crippen molar-refractivity contribution in [1.29, 1.82) is 0 Å². The Morgan fingerprint density at radius 2 is 2.11 bits per heavy atom. The molecule has 1 aromatic rings. The van der Waals surface area contributed by atoms with Gasteiger partial charge in [0.05, 0.1) is 12.5 Å². The average Bonchev–Trinajstić information content (AvgIpc) is 2.81. The minimum atomic E-state index is -0.977. The number of carbonyl (C=O) groups is 2. The zero-order chi connectivity index (χ0) is 13.7. The molecule has 0 fully saturated rings. The van der Waals surface area contributed by atoms with Crippen LogP contribution in [0.5, 0.6) is 0 Å². The molecule has 0 bridgehead atoms. The van der Waals surface area contributed by atoms with Crippen molar-refractivity contribution in [3.8, 4) is 0 Å². The second kappa shape index (κ2) is 6.13. The van der Waals surface area contributed by atoms with E-state index in [2.05, 4.69) is 15.5 Å². The van der Waals surface area contributed by atoms with Crippen LogP contribution < -0.4 is 5.32 Å². The Labute approximate surface area is 105 Å². The summed E-state index contributed by atoms with van der Waals surface area (Å²) in [6.07, 6.45) is 1.59. The summed E-state index contributed by atoms with van der Waals surface area (Å²) in [5, 5.41) is 19.1. The number of carboxylic acid groups (broad SMARTS) is 1. The minimum absolute atomic E-state index is 0.253. The number of rotatable bonds is 6. The number of nitrogens with one attached hydrogen (secondary N) is 1. The van der Waals surface area contributed by atoms with Gasteiger partial charge >= 0.3 is 5.97 Å². The summed E-state index contributed by atoms with van der Waals surface area (Å²) >= 11 is 0. The summed E-state index contributed by atoms with van der Waals surface area (Å²) < 4.78 is 1.81. The fraction of sp³-hybridized carbons (Fsp3) is 0.636. The molecule has 0 spiro atoms. The van der Waals surface area contributed by atoms with Gasteiger partial charge in [-0.3, -0.25) is 9.59 Å². The van der Waals surface area contributed by atoms with E-state index in [9.17, 15) is 9.59 Å². The number of nitrogens with zero attached hydrogens (tertiary/aromatic N) is 3. The summed E-state index contributed by atoms with van der Waals surface area (Å²) in [7, 11) is 0. The van der Waals surface area contributed by atoms with E-state index in [1.807, 2.05) is 11.5 Å². The molecule has 7 nitrogen and oxygen atoms in total. The molecule has 0 aliphatic rings. The minimum Gasteiger partial charge on any atom is -0.481 e. The van der Waals surface area contributed by atoms with Crippen LogP contribution in [0.25, 0.3) is 0 Å². The van der Waals surface area contributed by atoms with Gasteiger partial charge in [0.25, 0.3) is 0 Å². The third kappa shape index (κ3) is 3.28. The van der Waals surface area contributed by atoms with E-state index in [1.165, 1.54) is 6.92 Å². The van der Waals surface area contributed by atoms with E-state index in [-0.39, 0.29) is 12.5 Å². The molecular formula is C11H18N4O3. The van der Waals surface area contributed by atoms with Gasteiger partial charge in [0, 0.05) is 12.5 Å². The van der Waals surface area contributed by atoms with E-state index in [0.29, 0.717) is 5.82 Å². The largest absolute Gasteiger partial charge is 0.481 e. The predicted molar refractivity (Wildman–Crippen MR) is 63.5 cm³/mol. The molecule has 1 amide bonds. The van der Waals surface area contributed by atoms with Crippen LogP contribution in [0.3, 0.4) is 0 Å². The summed E-state index contributed by atoms with van der Waals surface area (Å²) in [6.45, 7) is 6.03. The first kappa shape index (κ1) is 14.1. The van der Waals surface area contributed by atoms with Crippen LogP contribution in [0.1, 0.15) is 26.6 Å². The number of hydrogen-bond donors (Lipinski definition) is 2. The normalized spacial score (nSPS) is 13.9. The van der Waals surface area contributed by atoms with Gasteiger partial charge in [-0.25, -0.2) is 0 Å². The topological polar surface area (TPSA) is 97.1 Å². The summed E-state index contributed by atoms with van der Waals surface area (Å²) in [4.78, 5) is 22.5. The maximum absolute atomic E-state index is 11.8. The van der Waals surface area contributed by atoms with Crippen molar-refractivity contribution in [2.24, 2.45) is 11.8 Å². The monoisotopic (exact) mass is 254 g/mol. The van der Waals surface area contributed by atoms with Gasteiger partial charge in [-0.05, 0) is 6.92 Å². The number of carbonyl (C=O) groups excluding carboxylic acids is 1. The molecule has 2 unspecified atom stereocenters. The molecular weight excluding hydrogens is 236 g/mol. The van der Waals surface area contributed by atoms with E-state index in [4.69, 9.17) is 5.11 Å². The standard InChI is InChI=1S/C11H18N4O3/c1-4-15-6-13-14-9(15)5-12-10(16)7(2)8(3)11(17)18/h6-8H,4-5H2,1-3H3,(H,12,16)(H,17,18). The molecule has 1 heterocycles. The summed E-state index contributed by atoms with van der Waals surface area (Å²) in [6, 6.07) is 0. The molecule has 1 aromatic heterocycles. The Bertz CT molecular complexity index is 430. The number of aryl methyl sites for hydroxylation is 1. The highest BCUT2D eigenvalue weighted by Crippen LogP contribution is 2.11. The molecule has 0 aliphatic heterocycles. The van der Waals surface area contributed by atoms with Gasteiger partial charge in [0.2, 0.25) is 5.91 Å². The first-order chi connectivity index (χ1) is 8.47. The lowest BCUT2D eigenvalue weighted by atomic mass is 9.95. The van der Waals surface area contributed by atoms with Gasteiger partial charge in [0.1, 0.15) is 6.33 Å². The summed E-state index contributed by atoms with van der Waals surface area (Å²) in [5.74, 6) is -1.92. The van der Waals surface area contributed by atoms with Crippen molar-refractivity contribution in [3.05, 3.63) is 12.2 Å². The van der Waals surface area contributed by atoms with Crippen LogP contribution in [0.2, 0.25) is 0 Å². The third-order valence-corrected chi connectivity index (χ3v) is 3.01. The molecule has 7 heteroatoms. The van der Waals surface area contributed by atoms with Crippen molar-refractivity contribution < 1.29 is 14.7 Å². The average molecular weight is 254 g/mol. The lowest BCUT2D eigenvalue weighted by molar-refractivity contribution is -0.146. The fourth-order valence-corrected chi connectivity index (χ4v) is 1.45. The van der Waals surface area contributed by atoms with Crippen molar-refractivity contribution in [3.63, 3.8) is 0 Å². The second-order valence-electron chi connectivity index (χ2n) is 4.17. The molecule has 0 saturated carbocycles. The third-order valence-electron chi connectivity index (χ3n) is 3.01. The Morgan fingerprint density at radius 3 is 2.67 bits per heavy atom. The van der Waals surface area contributed by atoms with Crippen molar-refractivity contribution in [2.75, 3.05) is 0 Å². The van der Waals surface area contributed by atoms with E-state index in [1.54, 1.807) is 13.3 Å². The van der Waals surface area contributed by atoms with E-state index in [0.717, 1.165) is 6.54 Å². The smallest absolute Gasteiger partial charge is 0.307 e. The van der Waals surface area contributed by atoms with Crippen LogP contribution in [0.4, 0.5) is 0 Å². The Morgan fingerprint density at radius 1 is 1.44 bits per heavy atom. The highest BCUT2D eigenvalue weighted by molar-refractivity contribution is 5.84. The molecule has 2 atom stereocenters. The van der Waals surface area contributed by atoms with Crippen LogP contribution in [-0.4, -0.2) is 31.7 Å². The van der Waals surface area contributed by atoms with E-state index >= 15 is 0 Å². The Kier molecular flexibility index (Phi) is 4.82. The SMILES string of the molecule is CCn1cnnc1CNC(=O)C(C)C(C)C(=O)O. The van der Waals surface area contributed by atoms with Crippen LogP contribution in [0, 0.1) is 11.8 Å². The molecule has 0 saturated heterocycles. The maximum Gasteiger partial charge on any atom is 0.307 e. The molecule has 18 heavy (non-hydrogen) atoms. The molecule has 2 N–H and O–H groups in total. The quantitative estimate of drug-likeness (QED) is 0.759. The predicted octanol–water partition coefficient (Wildman–Crippen LogP) is 0.271. The summed E-state index contributed by atoms with van der Waals surface area (Å²) in [5.41, 5.74) is 0. The fourth-order valence-electron chi connectivity index (χ4n) is 1.45. The maximum atomic E-state index is 11.8. The Hall–Kier alpha value is -1.92. The number of aliphatic carboxylic acids is 1. The molecule has 1 rings (SSSR count).